The van der Waals surface area contributed by atoms with E-state index in [1.54, 1.807) is 6.26 Å². The number of rotatable bonds is 5. The predicted octanol–water partition coefficient (Wildman–Crippen LogP) is 2.35. The van der Waals surface area contributed by atoms with Gasteiger partial charge in [-0.05, 0) is 26.0 Å². The fraction of sp³-hybridized carbons (Fsp3) is 0.417. The monoisotopic (exact) mass is 219 g/mol. The summed E-state index contributed by atoms with van der Waals surface area (Å²) in [4.78, 5) is 0. The average molecular weight is 219 g/mol. The molecule has 0 aliphatic rings. The second kappa shape index (κ2) is 4.99. The Hall–Kier alpha value is -1.55. The van der Waals surface area contributed by atoms with Gasteiger partial charge in [-0.1, -0.05) is 0 Å². The molecular formula is C12H17N3O. The van der Waals surface area contributed by atoms with Crippen LogP contribution in [0.5, 0.6) is 0 Å². The molecule has 0 radical (unpaired) electrons. The van der Waals surface area contributed by atoms with Crippen molar-refractivity contribution in [2.45, 2.75) is 33.0 Å². The second-order valence-corrected chi connectivity index (χ2v) is 3.82. The van der Waals surface area contributed by atoms with Crippen LogP contribution in [0.2, 0.25) is 0 Å². The Morgan fingerprint density at radius 1 is 1.56 bits per heavy atom. The standard InChI is InChI=1S/C12H17N3O/c1-3-15-9-11(8-14-15)7-13-10(2)12-5-4-6-16-12/h4-6,8-10,13H,3,7H2,1-2H3/t10-/m0/s1. The van der Waals surface area contributed by atoms with Gasteiger partial charge < -0.3 is 9.73 Å². The summed E-state index contributed by atoms with van der Waals surface area (Å²) in [5.41, 5.74) is 1.19. The van der Waals surface area contributed by atoms with Gasteiger partial charge in [-0.3, -0.25) is 4.68 Å². The Morgan fingerprint density at radius 3 is 3.06 bits per heavy atom. The number of nitrogens with zero attached hydrogens (tertiary/aromatic N) is 2. The summed E-state index contributed by atoms with van der Waals surface area (Å²) in [6, 6.07) is 4.11. The van der Waals surface area contributed by atoms with Crippen molar-refractivity contribution in [1.82, 2.24) is 15.1 Å². The van der Waals surface area contributed by atoms with Gasteiger partial charge >= 0.3 is 0 Å². The predicted molar refractivity (Wildman–Crippen MR) is 61.9 cm³/mol. The fourth-order valence-electron chi connectivity index (χ4n) is 1.58. The summed E-state index contributed by atoms with van der Waals surface area (Å²) < 4.78 is 7.25. The Balaban J connectivity index is 1.87. The molecule has 2 rings (SSSR count). The molecule has 0 bridgehead atoms. The van der Waals surface area contributed by atoms with Crippen molar-refractivity contribution in [2.24, 2.45) is 0 Å². The zero-order valence-corrected chi connectivity index (χ0v) is 9.68. The summed E-state index contributed by atoms with van der Waals surface area (Å²) in [5.74, 6) is 0.961. The summed E-state index contributed by atoms with van der Waals surface area (Å²) in [6.45, 7) is 5.88. The third-order valence-electron chi connectivity index (χ3n) is 2.59. The van der Waals surface area contributed by atoms with E-state index >= 15 is 0 Å². The smallest absolute Gasteiger partial charge is 0.120 e. The zero-order chi connectivity index (χ0) is 11.4. The molecule has 2 heterocycles. The van der Waals surface area contributed by atoms with Crippen molar-refractivity contribution in [3.05, 3.63) is 42.1 Å². The van der Waals surface area contributed by atoms with Crippen LogP contribution in [0.1, 0.15) is 31.2 Å². The number of aryl methyl sites for hydroxylation is 1. The lowest BCUT2D eigenvalue weighted by Crippen LogP contribution is -2.17. The van der Waals surface area contributed by atoms with E-state index in [1.807, 2.05) is 23.0 Å². The number of furan rings is 1. The zero-order valence-electron chi connectivity index (χ0n) is 9.68. The molecule has 0 fully saturated rings. The molecule has 2 aromatic rings. The van der Waals surface area contributed by atoms with E-state index in [2.05, 4.69) is 30.5 Å². The highest BCUT2D eigenvalue weighted by molar-refractivity contribution is 5.06. The Morgan fingerprint density at radius 2 is 2.44 bits per heavy atom. The highest BCUT2D eigenvalue weighted by Gasteiger charge is 2.07. The maximum atomic E-state index is 5.33. The van der Waals surface area contributed by atoms with Crippen molar-refractivity contribution in [3.63, 3.8) is 0 Å². The molecule has 0 saturated heterocycles. The van der Waals surface area contributed by atoms with Crippen LogP contribution in [0.3, 0.4) is 0 Å². The SMILES string of the molecule is CCn1cc(CN[C@@H](C)c2ccco2)cn1. The van der Waals surface area contributed by atoms with Crippen molar-refractivity contribution in [2.75, 3.05) is 0 Å². The molecule has 0 aliphatic carbocycles. The minimum absolute atomic E-state index is 0.222. The first-order chi connectivity index (χ1) is 7.79. The highest BCUT2D eigenvalue weighted by atomic mass is 16.3. The third-order valence-corrected chi connectivity index (χ3v) is 2.59. The van der Waals surface area contributed by atoms with Gasteiger partial charge in [0.2, 0.25) is 0 Å². The van der Waals surface area contributed by atoms with Crippen LogP contribution in [-0.4, -0.2) is 9.78 Å². The minimum atomic E-state index is 0.222. The largest absolute Gasteiger partial charge is 0.468 e. The number of hydrogen-bond acceptors (Lipinski definition) is 3. The van der Waals surface area contributed by atoms with E-state index in [0.29, 0.717) is 0 Å². The van der Waals surface area contributed by atoms with Gasteiger partial charge in [0.25, 0.3) is 0 Å². The van der Waals surface area contributed by atoms with Crippen molar-refractivity contribution in [1.29, 1.82) is 0 Å². The molecular weight excluding hydrogens is 202 g/mol. The quantitative estimate of drug-likeness (QED) is 0.839. The number of nitrogens with one attached hydrogen (secondary N) is 1. The molecule has 0 unspecified atom stereocenters. The van der Waals surface area contributed by atoms with E-state index < -0.39 is 0 Å². The first kappa shape index (κ1) is 11.0. The molecule has 0 aliphatic heterocycles. The van der Waals surface area contributed by atoms with Gasteiger partial charge in [-0.2, -0.15) is 5.10 Å². The molecule has 16 heavy (non-hydrogen) atoms. The Kier molecular flexibility index (Phi) is 3.41. The van der Waals surface area contributed by atoms with Gasteiger partial charge in [0, 0.05) is 24.8 Å². The first-order valence-electron chi connectivity index (χ1n) is 5.57. The lowest BCUT2D eigenvalue weighted by Gasteiger charge is -2.09. The van der Waals surface area contributed by atoms with E-state index in [4.69, 9.17) is 4.42 Å². The molecule has 4 nitrogen and oxygen atoms in total. The number of aromatic nitrogens is 2. The van der Waals surface area contributed by atoms with Crippen molar-refractivity contribution < 1.29 is 4.42 Å². The second-order valence-electron chi connectivity index (χ2n) is 3.82. The molecule has 86 valence electrons. The molecule has 0 spiro atoms. The minimum Gasteiger partial charge on any atom is -0.468 e. The van der Waals surface area contributed by atoms with E-state index in [9.17, 15) is 0 Å². The Labute approximate surface area is 95.3 Å². The molecule has 4 heteroatoms. The van der Waals surface area contributed by atoms with Gasteiger partial charge in [0.05, 0.1) is 18.5 Å². The lowest BCUT2D eigenvalue weighted by molar-refractivity contribution is 0.430. The van der Waals surface area contributed by atoms with Crippen LogP contribution in [0.4, 0.5) is 0 Å². The molecule has 0 saturated carbocycles. The Bertz CT molecular complexity index is 419. The van der Waals surface area contributed by atoms with Crippen LogP contribution in [0, 0.1) is 0 Å². The van der Waals surface area contributed by atoms with Gasteiger partial charge in [-0.25, -0.2) is 0 Å². The fourth-order valence-corrected chi connectivity index (χ4v) is 1.58. The topological polar surface area (TPSA) is 43.0 Å². The summed E-state index contributed by atoms with van der Waals surface area (Å²) >= 11 is 0. The van der Waals surface area contributed by atoms with Gasteiger partial charge in [0.1, 0.15) is 5.76 Å². The maximum absolute atomic E-state index is 5.33. The molecule has 1 N–H and O–H groups in total. The van der Waals surface area contributed by atoms with Crippen LogP contribution < -0.4 is 5.32 Å². The lowest BCUT2D eigenvalue weighted by atomic mass is 10.2. The summed E-state index contributed by atoms with van der Waals surface area (Å²) in [6.07, 6.45) is 5.65. The highest BCUT2D eigenvalue weighted by Crippen LogP contribution is 2.12. The normalized spacial score (nSPS) is 12.9. The van der Waals surface area contributed by atoms with Gasteiger partial charge in [0.15, 0.2) is 0 Å². The van der Waals surface area contributed by atoms with Crippen molar-refractivity contribution >= 4 is 0 Å². The average Bonchev–Trinajstić information content (AvgIpc) is 2.96. The van der Waals surface area contributed by atoms with Crippen LogP contribution >= 0.6 is 0 Å². The van der Waals surface area contributed by atoms with E-state index in [1.165, 1.54) is 5.56 Å². The van der Waals surface area contributed by atoms with Crippen molar-refractivity contribution in [3.8, 4) is 0 Å². The van der Waals surface area contributed by atoms with Crippen LogP contribution in [-0.2, 0) is 13.1 Å². The summed E-state index contributed by atoms with van der Waals surface area (Å²) in [7, 11) is 0. The van der Waals surface area contributed by atoms with E-state index in [-0.39, 0.29) is 6.04 Å². The number of hydrogen-bond donors (Lipinski definition) is 1. The third kappa shape index (κ3) is 2.52. The van der Waals surface area contributed by atoms with Crippen LogP contribution in [0.15, 0.2) is 35.2 Å². The molecule has 0 aromatic carbocycles. The van der Waals surface area contributed by atoms with E-state index in [0.717, 1.165) is 18.8 Å². The molecule has 1 atom stereocenters. The summed E-state index contributed by atoms with van der Waals surface area (Å²) in [5, 5.41) is 7.62. The molecule has 2 aromatic heterocycles. The van der Waals surface area contributed by atoms with Crippen LogP contribution in [0.25, 0.3) is 0 Å². The maximum Gasteiger partial charge on any atom is 0.120 e. The molecule has 0 amide bonds. The van der Waals surface area contributed by atoms with Gasteiger partial charge in [-0.15, -0.1) is 0 Å². The first-order valence-corrected chi connectivity index (χ1v) is 5.57.